The highest BCUT2D eigenvalue weighted by molar-refractivity contribution is 6.09. The van der Waals surface area contributed by atoms with Crippen LogP contribution in [0, 0.1) is 0 Å². The number of hydrogen-bond acceptors (Lipinski definition) is 3. The molecular weight excluding hydrogens is 414 g/mol. The summed E-state index contributed by atoms with van der Waals surface area (Å²) in [6.07, 6.45) is 0. The van der Waals surface area contributed by atoms with Gasteiger partial charge in [-0.05, 0) is 46.7 Å². The third kappa shape index (κ3) is 4.17. The lowest BCUT2D eigenvalue weighted by Crippen LogP contribution is -2.21. The van der Waals surface area contributed by atoms with E-state index in [0.717, 1.165) is 10.8 Å². The van der Waals surface area contributed by atoms with Gasteiger partial charge in [0.15, 0.2) is 0 Å². The first-order valence-corrected chi connectivity index (χ1v) is 10.7. The molecule has 0 saturated carbocycles. The summed E-state index contributed by atoms with van der Waals surface area (Å²) in [7, 11) is 0. The van der Waals surface area contributed by atoms with Crippen LogP contribution in [-0.4, -0.2) is 22.2 Å². The Morgan fingerprint density at radius 1 is 0.727 bits per heavy atom. The van der Waals surface area contributed by atoms with Crippen LogP contribution in [-0.2, 0) is 5.41 Å². The topological polar surface area (TPSA) is 77.8 Å². The predicted octanol–water partition coefficient (Wildman–Crippen LogP) is 7.00. The Labute approximate surface area is 192 Å². The Balaban J connectivity index is 2.15. The van der Waals surface area contributed by atoms with Crippen molar-refractivity contribution in [2.45, 2.75) is 26.2 Å². The second-order valence-electron chi connectivity index (χ2n) is 8.95. The molecule has 4 aromatic carbocycles. The SMILES string of the molecule is CC(C)(C)c1cc(C(=O)O)c(N(c2ccccc2)c2cccc3ccccc23)c(C(=O)O)c1. The molecule has 0 amide bonds. The number of rotatable bonds is 5. The standard InChI is InChI=1S/C28H25NO4/c1-28(2,3)19-16-22(26(30)31)25(23(17-19)27(32)33)29(20-12-5-4-6-13-20)24-15-9-11-18-10-7-8-14-21(18)24/h4-17H,1-3H3,(H,30,31)(H,32,33). The molecule has 0 heterocycles. The molecule has 0 aliphatic rings. The predicted molar refractivity (Wildman–Crippen MR) is 131 cm³/mol. The largest absolute Gasteiger partial charge is 0.478 e. The molecule has 4 aromatic rings. The van der Waals surface area contributed by atoms with Crippen LogP contribution in [0.1, 0.15) is 47.1 Å². The summed E-state index contributed by atoms with van der Waals surface area (Å²) in [5.41, 5.74) is 1.60. The monoisotopic (exact) mass is 439 g/mol. The Bertz CT molecular complexity index is 1310. The molecule has 0 spiro atoms. The summed E-state index contributed by atoms with van der Waals surface area (Å²) >= 11 is 0. The molecule has 0 radical (unpaired) electrons. The zero-order valence-corrected chi connectivity index (χ0v) is 18.7. The number of carboxylic acid groups (broad SMARTS) is 2. The van der Waals surface area contributed by atoms with Crippen LogP contribution < -0.4 is 4.90 Å². The molecule has 0 atom stereocenters. The maximum Gasteiger partial charge on any atom is 0.337 e. The number of anilines is 3. The van der Waals surface area contributed by atoms with Crippen molar-refractivity contribution >= 4 is 39.8 Å². The highest BCUT2D eigenvalue weighted by atomic mass is 16.4. The van der Waals surface area contributed by atoms with Gasteiger partial charge in [0, 0.05) is 11.1 Å². The fourth-order valence-electron chi connectivity index (χ4n) is 4.00. The van der Waals surface area contributed by atoms with E-state index in [1.54, 1.807) is 17.0 Å². The van der Waals surface area contributed by atoms with E-state index in [1.807, 2.05) is 93.6 Å². The number of carbonyl (C=O) groups is 2. The van der Waals surface area contributed by atoms with E-state index in [0.29, 0.717) is 16.9 Å². The highest BCUT2D eigenvalue weighted by Crippen LogP contribution is 2.43. The van der Waals surface area contributed by atoms with E-state index >= 15 is 0 Å². The second kappa shape index (κ2) is 8.43. The molecule has 4 rings (SSSR count). The summed E-state index contributed by atoms with van der Waals surface area (Å²) < 4.78 is 0. The summed E-state index contributed by atoms with van der Waals surface area (Å²) in [5.74, 6) is -2.36. The van der Waals surface area contributed by atoms with Crippen molar-refractivity contribution in [1.29, 1.82) is 0 Å². The molecule has 0 aromatic heterocycles. The minimum absolute atomic E-state index is 0.0587. The van der Waals surface area contributed by atoms with E-state index in [2.05, 4.69) is 0 Å². The number of para-hydroxylation sites is 1. The van der Waals surface area contributed by atoms with Crippen molar-refractivity contribution in [3.05, 3.63) is 102 Å². The van der Waals surface area contributed by atoms with E-state index in [1.165, 1.54) is 0 Å². The third-order valence-corrected chi connectivity index (χ3v) is 5.68. The number of carboxylic acids is 2. The Hall–Kier alpha value is -4.12. The fourth-order valence-corrected chi connectivity index (χ4v) is 4.00. The zero-order chi connectivity index (χ0) is 23.8. The Kier molecular flexibility index (Phi) is 5.64. The molecule has 5 nitrogen and oxygen atoms in total. The van der Waals surface area contributed by atoms with Gasteiger partial charge in [0.05, 0.1) is 22.5 Å². The van der Waals surface area contributed by atoms with Crippen molar-refractivity contribution in [2.75, 3.05) is 4.90 Å². The molecule has 0 saturated heterocycles. The van der Waals surface area contributed by atoms with Gasteiger partial charge >= 0.3 is 11.9 Å². The van der Waals surface area contributed by atoms with Gasteiger partial charge in [-0.3, -0.25) is 0 Å². The summed E-state index contributed by atoms with van der Waals surface area (Å²) in [5, 5.41) is 22.3. The first-order chi connectivity index (χ1) is 15.7. The fraction of sp³-hybridized carbons (Fsp3) is 0.143. The lowest BCUT2D eigenvalue weighted by molar-refractivity contribution is 0.0696. The van der Waals surface area contributed by atoms with Crippen LogP contribution in [0.5, 0.6) is 0 Å². The average molecular weight is 440 g/mol. The minimum Gasteiger partial charge on any atom is -0.478 e. The maximum absolute atomic E-state index is 12.5. The van der Waals surface area contributed by atoms with Gasteiger partial charge in [-0.15, -0.1) is 0 Å². The van der Waals surface area contributed by atoms with E-state index in [9.17, 15) is 19.8 Å². The number of hydrogen-bond donors (Lipinski definition) is 2. The van der Waals surface area contributed by atoms with Gasteiger partial charge in [0.2, 0.25) is 0 Å². The third-order valence-electron chi connectivity index (χ3n) is 5.68. The van der Waals surface area contributed by atoms with Crippen molar-refractivity contribution < 1.29 is 19.8 Å². The zero-order valence-electron chi connectivity index (χ0n) is 18.7. The van der Waals surface area contributed by atoms with Crippen molar-refractivity contribution in [3.8, 4) is 0 Å². The summed E-state index contributed by atoms with van der Waals surface area (Å²) in [4.78, 5) is 26.7. The van der Waals surface area contributed by atoms with Gasteiger partial charge < -0.3 is 15.1 Å². The first kappa shape index (κ1) is 22.1. The van der Waals surface area contributed by atoms with E-state index in [4.69, 9.17) is 0 Å². The van der Waals surface area contributed by atoms with Gasteiger partial charge in [-0.1, -0.05) is 75.4 Å². The molecular formula is C28H25NO4. The molecule has 2 N–H and O–H groups in total. The normalized spacial score (nSPS) is 11.4. The average Bonchev–Trinajstić information content (AvgIpc) is 2.79. The second-order valence-corrected chi connectivity index (χ2v) is 8.95. The smallest absolute Gasteiger partial charge is 0.337 e. The molecule has 0 unspecified atom stereocenters. The lowest BCUT2D eigenvalue weighted by Gasteiger charge is -2.31. The molecule has 0 aliphatic carbocycles. The Morgan fingerprint density at radius 2 is 1.27 bits per heavy atom. The van der Waals surface area contributed by atoms with Gasteiger partial charge in [0.1, 0.15) is 0 Å². The van der Waals surface area contributed by atoms with Crippen LogP contribution in [0.15, 0.2) is 84.9 Å². The van der Waals surface area contributed by atoms with Crippen LogP contribution in [0.4, 0.5) is 17.1 Å². The molecule has 0 aliphatic heterocycles. The van der Waals surface area contributed by atoms with Crippen LogP contribution in [0.3, 0.4) is 0 Å². The molecule has 0 fully saturated rings. The van der Waals surface area contributed by atoms with Gasteiger partial charge in [-0.25, -0.2) is 9.59 Å². The molecule has 33 heavy (non-hydrogen) atoms. The number of fused-ring (bicyclic) bond motifs is 1. The lowest BCUT2D eigenvalue weighted by atomic mass is 9.84. The minimum atomic E-state index is -1.18. The summed E-state index contributed by atoms with van der Waals surface area (Å²) in [6, 6.07) is 25.9. The molecule has 166 valence electrons. The van der Waals surface area contributed by atoms with Crippen molar-refractivity contribution in [2.24, 2.45) is 0 Å². The Morgan fingerprint density at radius 3 is 1.85 bits per heavy atom. The molecule has 0 bridgehead atoms. The summed E-state index contributed by atoms with van der Waals surface area (Å²) in [6.45, 7) is 5.79. The highest BCUT2D eigenvalue weighted by Gasteiger charge is 2.30. The van der Waals surface area contributed by atoms with E-state index < -0.39 is 17.4 Å². The van der Waals surface area contributed by atoms with Crippen molar-refractivity contribution in [1.82, 2.24) is 0 Å². The first-order valence-electron chi connectivity index (χ1n) is 10.7. The molecule has 5 heteroatoms. The van der Waals surface area contributed by atoms with Gasteiger partial charge in [-0.2, -0.15) is 0 Å². The van der Waals surface area contributed by atoms with Gasteiger partial charge in [0.25, 0.3) is 0 Å². The number of aromatic carboxylic acids is 2. The van der Waals surface area contributed by atoms with Crippen LogP contribution in [0.25, 0.3) is 10.8 Å². The van der Waals surface area contributed by atoms with Crippen molar-refractivity contribution in [3.63, 3.8) is 0 Å². The number of benzene rings is 4. The van der Waals surface area contributed by atoms with E-state index in [-0.39, 0.29) is 16.8 Å². The quantitative estimate of drug-likeness (QED) is 0.350. The number of nitrogens with zero attached hydrogens (tertiary/aromatic N) is 1. The maximum atomic E-state index is 12.5. The van der Waals surface area contributed by atoms with Crippen LogP contribution >= 0.6 is 0 Å². The van der Waals surface area contributed by atoms with Crippen LogP contribution in [0.2, 0.25) is 0 Å².